The largest absolute Gasteiger partial charge is 0.0807 e. The van der Waals surface area contributed by atoms with Crippen LogP contribution in [0.3, 0.4) is 0 Å². The Hall–Kier alpha value is -1.30. The standard InChI is InChI=1S/C14H16/c1-11-3-7-13(8-4-11)14-9-5-12(2)6-10-14/h3-9,14H,10H2,1-2H3/t14-/m0/s1. The first-order valence-corrected chi connectivity index (χ1v) is 5.17. The minimum Gasteiger partial charge on any atom is -0.0807 e. The molecular formula is C14H16. The average Bonchev–Trinajstić information content (AvgIpc) is 2.21. The van der Waals surface area contributed by atoms with Crippen LogP contribution >= 0.6 is 0 Å². The summed E-state index contributed by atoms with van der Waals surface area (Å²) in [7, 11) is 0. The molecule has 1 aromatic rings. The zero-order chi connectivity index (χ0) is 9.97. The van der Waals surface area contributed by atoms with Crippen molar-refractivity contribution in [2.24, 2.45) is 0 Å². The number of aryl methyl sites for hydroxylation is 1. The highest BCUT2D eigenvalue weighted by Crippen LogP contribution is 2.26. The highest BCUT2D eigenvalue weighted by molar-refractivity contribution is 5.33. The first-order chi connectivity index (χ1) is 6.75. The Labute approximate surface area is 86.0 Å². The minimum absolute atomic E-state index is 0.583. The summed E-state index contributed by atoms with van der Waals surface area (Å²) in [4.78, 5) is 0. The molecule has 0 N–H and O–H groups in total. The van der Waals surface area contributed by atoms with Gasteiger partial charge in [0, 0.05) is 5.92 Å². The van der Waals surface area contributed by atoms with Crippen LogP contribution in [0.1, 0.15) is 30.4 Å². The zero-order valence-electron chi connectivity index (χ0n) is 8.83. The lowest BCUT2D eigenvalue weighted by molar-refractivity contribution is 0.844. The van der Waals surface area contributed by atoms with E-state index in [0.29, 0.717) is 5.92 Å². The molecule has 0 heteroatoms. The summed E-state index contributed by atoms with van der Waals surface area (Å²) >= 11 is 0. The summed E-state index contributed by atoms with van der Waals surface area (Å²) in [6.07, 6.45) is 7.98. The third-order valence-corrected chi connectivity index (χ3v) is 2.79. The molecule has 0 fully saturated rings. The molecular weight excluding hydrogens is 168 g/mol. The lowest BCUT2D eigenvalue weighted by Crippen LogP contribution is -1.97. The van der Waals surface area contributed by atoms with Crippen LogP contribution in [0.15, 0.2) is 48.1 Å². The average molecular weight is 184 g/mol. The number of benzene rings is 1. The van der Waals surface area contributed by atoms with Gasteiger partial charge in [-0.1, -0.05) is 53.6 Å². The summed E-state index contributed by atoms with van der Waals surface area (Å²) in [6.45, 7) is 4.28. The van der Waals surface area contributed by atoms with Crippen LogP contribution in [-0.2, 0) is 0 Å². The molecule has 0 bridgehead atoms. The Kier molecular flexibility index (Phi) is 2.53. The van der Waals surface area contributed by atoms with Gasteiger partial charge in [0.1, 0.15) is 0 Å². The monoisotopic (exact) mass is 184 g/mol. The van der Waals surface area contributed by atoms with Crippen molar-refractivity contribution in [3.63, 3.8) is 0 Å². The summed E-state index contributed by atoms with van der Waals surface area (Å²) in [5.41, 5.74) is 4.14. The first kappa shape index (κ1) is 9.26. The molecule has 0 saturated heterocycles. The van der Waals surface area contributed by atoms with Gasteiger partial charge in [0.2, 0.25) is 0 Å². The van der Waals surface area contributed by atoms with Crippen molar-refractivity contribution in [2.75, 3.05) is 0 Å². The maximum absolute atomic E-state index is 2.31. The van der Waals surface area contributed by atoms with Crippen LogP contribution < -0.4 is 0 Å². The van der Waals surface area contributed by atoms with Crippen LogP contribution in [0.4, 0.5) is 0 Å². The van der Waals surface area contributed by atoms with Gasteiger partial charge in [0.05, 0.1) is 0 Å². The molecule has 0 aliphatic heterocycles. The van der Waals surface area contributed by atoms with Crippen molar-refractivity contribution >= 4 is 0 Å². The fourth-order valence-corrected chi connectivity index (χ4v) is 1.79. The van der Waals surface area contributed by atoms with E-state index >= 15 is 0 Å². The molecule has 0 nitrogen and oxygen atoms in total. The van der Waals surface area contributed by atoms with Gasteiger partial charge in [-0.05, 0) is 25.8 Å². The van der Waals surface area contributed by atoms with Gasteiger partial charge in [-0.25, -0.2) is 0 Å². The van der Waals surface area contributed by atoms with E-state index in [1.54, 1.807) is 0 Å². The van der Waals surface area contributed by atoms with Gasteiger partial charge in [0.25, 0.3) is 0 Å². The third kappa shape index (κ3) is 1.95. The van der Waals surface area contributed by atoms with E-state index in [1.807, 2.05) is 0 Å². The van der Waals surface area contributed by atoms with E-state index < -0.39 is 0 Å². The molecule has 1 aromatic carbocycles. The molecule has 2 rings (SSSR count). The van der Waals surface area contributed by atoms with Crippen molar-refractivity contribution < 1.29 is 0 Å². The maximum atomic E-state index is 2.31. The summed E-state index contributed by atoms with van der Waals surface area (Å²) in [6, 6.07) is 8.85. The Morgan fingerprint density at radius 1 is 1.07 bits per heavy atom. The maximum Gasteiger partial charge on any atom is 0.00559 e. The second-order valence-electron chi connectivity index (χ2n) is 4.06. The topological polar surface area (TPSA) is 0 Å². The zero-order valence-corrected chi connectivity index (χ0v) is 8.83. The van der Waals surface area contributed by atoms with E-state index in [9.17, 15) is 0 Å². The number of allylic oxidation sites excluding steroid dienone is 4. The molecule has 0 radical (unpaired) electrons. The highest BCUT2D eigenvalue weighted by Gasteiger charge is 2.08. The molecule has 0 spiro atoms. The van der Waals surface area contributed by atoms with Crippen LogP contribution in [0.2, 0.25) is 0 Å². The third-order valence-electron chi connectivity index (χ3n) is 2.79. The minimum atomic E-state index is 0.583. The van der Waals surface area contributed by atoms with Gasteiger partial charge in [0.15, 0.2) is 0 Å². The Morgan fingerprint density at radius 3 is 2.36 bits per heavy atom. The molecule has 0 unspecified atom stereocenters. The number of hydrogen-bond acceptors (Lipinski definition) is 0. The molecule has 14 heavy (non-hydrogen) atoms. The molecule has 0 saturated carbocycles. The first-order valence-electron chi connectivity index (χ1n) is 5.17. The van der Waals surface area contributed by atoms with Crippen LogP contribution in [0.5, 0.6) is 0 Å². The lowest BCUT2D eigenvalue weighted by Gasteiger charge is -2.15. The number of rotatable bonds is 1. The lowest BCUT2D eigenvalue weighted by atomic mass is 9.90. The fraction of sp³-hybridized carbons (Fsp3) is 0.286. The van der Waals surface area contributed by atoms with E-state index in [4.69, 9.17) is 0 Å². The molecule has 0 aromatic heterocycles. The summed E-state index contributed by atoms with van der Waals surface area (Å²) in [5, 5.41) is 0. The SMILES string of the molecule is CC1=CC[C@@H](c2ccc(C)cc2)C=C1. The van der Waals surface area contributed by atoms with Gasteiger partial charge in [-0.15, -0.1) is 0 Å². The Bertz CT molecular complexity index is 366. The van der Waals surface area contributed by atoms with Crippen molar-refractivity contribution in [1.29, 1.82) is 0 Å². The second kappa shape index (κ2) is 3.83. The van der Waals surface area contributed by atoms with Crippen LogP contribution in [0, 0.1) is 6.92 Å². The Morgan fingerprint density at radius 2 is 1.79 bits per heavy atom. The summed E-state index contributed by atoms with van der Waals surface area (Å²) < 4.78 is 0. The molecule has 0 amide bonds. The normalized spacial score (nSPS) is 20.7. The van der Waals surface area contributed by atoms with Gasteiger partial charge in [-0.2, -0.15) is 0 Å². The van der Waals surface area contributed by atoms with Gasteiger partial charge >= 0.3 is 0 Å². The van der Waals surface area contributed by atoms with E-state index in [1.165, 1.54) is 16.7 Å². The second-order valence-corrected chi connectivity index (χ2v) is 4.06. The van der Waals surface area contributed by atoms with E-state index in [0.717, 1.165) is 6.42 Å². The van der Waals surface area contributed by atoms with E-state index in [-0.39, 0.29) is 0 Å². The molecule has 72 valence electrons. The van der Waals surface area contributed by atoms with Crippen LogP contribution in [-0.4, -0.2) is 0 Å². The van der Waals surface area contributed by atoms with Crippen molar-refractivity contribution in [1.82, 2.24) is 0 Å². The van der Waals surface area contributed by atoms with Crippen molar-refractivity contribution in [3.8, 4) is 0 Å². The van der Waals surface area contributed by atoms with Crippen molar-refractivity contribution in [3.05, 3.63) is 59.2 Å². The highest BCUT2D eigenvalue weighted by atomic mass is 14.1. The molecule has 0 heterocycles. The van der Waals surface area contributed by atoms with Crippen LogP contribution in [0.25, 0.3) is 0 Å². The molecule has 1 atom stereocenters. The Balaban J connectivity index is 2.18. The predicted octanol–water partition coefficient (Wildman–Crippen LogP) is 3.98. The fourth-order valence-electron chi connectivity index (χ4n) is 1.79. The molecule has 1 aliphatic carbocycles. The predicted molar refractivity (Wildman–Crippen MR) is 61.4 cm³/mol. The quantitative estimate of drug-likeness (QED) is 0.619. The summed E-state index contributed by atoms with van der Waals surface area (Å²) in [5.74, 6) is 0.583. The molecule has 1 aliphatic rings. The van der Waals surface area contributed by atoms with Gasteiger partial charge < -0.3 is 0 Å². The van der Waals surface area contributed by atoms with Gasteiger partial charge in [-0.3, -0.25) is 0 Å². The van der Waals surface area contributed by atoms with E-state index in [2.05, 4.69) is 56.3 Å². The smallest absolute Gasteiger partial charge is 0.00559 e. The van der Waals surface area contributed by atoms with Crippen molar-refractivity contribution in [2.45, 2.75) is 26.2 Å². The number of hydrogen-bond donors (Lipinski definition) is 0.